The third-order valence-corrected chi connectivity index (χ3v) is 2.24. The average Bonchev–Trinajstić information content (AvgIpc) is 2.73. The van der Waals surface area contributed by atoms with Gasteiger partial charge in [0.05, 0.1) is 6.20 Å². The molecule has 0 atom stereocenters. The van der Waals surface area contributed by atoms with Gasteiger partial charge in [0.15, 0.2) is 0 Å². The molecule has 0 spiro atoms. The summed E-state index contributed by atoms with van der Waals surface area (Å²) in [7, 11) is 0. The molecular formula is C11H9F3N4O2. The third-order valence-electron chi connectivity index (χ3n) is 2.24. The van der Waals surface area contributed by atoms with Crippen molar-refractivity contribution in [3.8, 4) is 5.75 Å². The van der Waals surface area contributed by atoms with Crippen molar-refractivity contribution in [3.63, 3.8) is 0 Å². The Kier molecular flexibility index (Phi) is 3.51. The number of halogens is 3. The number of amides is 1. The first-order valence-electron chi connectivity index (χ1n) is 5.31. The summed E-state index contributed by atoms with van der Waals surface area (Å²) >= 11 is 0. The SMILES string of the molecule is Nc1[nH]ncc1C(=O)Nc1cccc(OC(F)(F)F)c1. The lowest BCUT2D eigenvalue weighted by atomic mass is 10.2. The van der Waals surface area contributed by atoms with Gasteiger partial charge in [-0.05, 0) is 12.1 Å². The summed E-state index contributed by atoms with van der Waals surface area (Å²) in [6.45, 7) is 0. The van der Waals surface area contributed by atoms with Crippen LogP contribution in [0.2, 0.25) is 0 Å². The van der Waals surface area contributed by atoms with Gasteiger partial charge in [-0.2, -0.15) is 5.10 Å². The van der Waals surface area contributed by atoms with Crippen LogP contribution in [0.5, 0.6) is 5.75 Å². The highest BCUT2D eigenvalue weighted by molar-refractivity contribution is 6.07. The van der Waals surface area contributed by atoms with Crippen LogP contribution in [0.1, 0.15) is 10.4 Å². The number of ether oxygens (including phenoxy) is 1. The fraction of sp³-hybridized carbons (Fsp3) is 0.0909. The molecule has 1 aromatic carbocycles. The Labute approximate surface area is 110 Å². The van der Waals surface area contributed by atoms with Crippen molar-refractivity contribution in [2.75, 3.05) is 11.1 Å². The van der Waals surface area contributed by atoms with Crippen LogP contribution in [0, 0.1) is 0 Å². The molecule has 4 N–H and O–H groups in total. The largest absolute Gasteiger partial charge is 0.573 e. The summed E-state index contributed by atoms with van der Waals surface area (Å²) in [4.78, 5) is 11.8. The zero-order chi connectivity index (χ0) is 14.8. The predicted molar refractivity (Wildman–Crippen MR) is 64.1 cm³/mol. The normalized spacial score (nSPS) is 11.2. The van der Waals surface area contributed by atoms with Crippen LogP contribution < -0.4 is 15.8 Å². The molecule has 0 aliphatic carbocycles. The second kappa shape index (κ2) is 5.11. The van der Waals surface area contributed by atoms with Crippen molar-refractivity contribution in [1.29, 1.82) is 0 Å². The molecule has 0 bridgehead atoms. The highest BCUT2D eigenvalue weighted by atomic mass is 19.4. The molecule has 6 nitrogen and oxygen atoms in total. The fourth-order valence-electron chi connectivity index (χ4n) is 1.45. The number of nitrogens with zero attached hydrogens (tertiary/aromatic N) is 1. The number of benzene rings is 1. The number of aromatic nitrogens is 2. The number of carbonyl (C=O) groups is 1. The van der Waals surface area contributed by atoms with E-state index in [1.165, 1.54) is 18.3 Å². The van der Waals surface area contributed by atoms with E-state index in [0.717, 1.165) is 12.1 Å². The summed E-state index contributed by atoms with van der Waals surface area (Å²) in [6.07, 6.45) is -3.58. The van der Waals surface area contributed by atoms with Gasteiger partial charge in [0.25, 0.3) is 5.91 Å². The van der Waals surface area contributed by atoms with E-state index in [0.29, 0.717) is 0 Å². The molecule has 0 aliphatic rings. The monoisotopic (exact) mass is 286 g/mol. The van der Waals surface area contributed by atoms with E-state index in [1.807, 2.05) is 0 Å². The summed E-state index contributed by atoms with van der Waals surface area (Å²) in [5, 5.41) is 8.32. The van der Waals surface area contributed by atoms with Gasteiger partial charge < -0.3 is 15.8 Å². The molecule has 0 fully saturated rings. The maximum absolute atomic E-state index is 12.1. The standard InChI is InChI=1S/C11H9F3N4O2/c12-11(13,14)20-7-3-1-2-6(4-7)17-10(19)8-5-16-18-9(8)15/h1-5H,(H,17,19)(H3,15,16,18). The average molecular weight is 286 g/mol. The van der Waals surface area contributed by atoms with Crippen LogP contribution >= 0.6 is 0 Å². The van der Waals surface area contributed by atoms with Crippen LogP contribution in [0.15, 0.2) is 30.5 Å². The lowest BCUT2D eigenvalue weighted by Crippen LogP contribution is -2.17. The van der Waals surface area contributed by atoms with Crippen LogP contribution in [-0.4, -0.2) is 22.5 Å². The van der Waals surface area contributed by atoms with E-state index in [-0.39, 0.29) is 17.1 Å². The summed E-state index contributed by atoms with van der Waals surface area (Å²) in [5.74, 6) is -0.971. The van der Waals surface area contributed by atoms with E-state index in [1.54, 1.807) is 0 Å². The number of anilines is 2. The minimum Gasteiger partial charge on any atom is -0.406 e. The number of H-pyrrole nitrogens is 1. The number of carbonyl (C=O) groups excluding carboxylic acids is 1. The van der Waals surface area contributed by atoms with Gasteiger partial charge in [-0.25, -0.2) is 0 Å². The summed E-state index contributed by atoms with van der Waals surface area (Å²) < 4.78 is 40.0. The minimum absolute atomic E-state index is 0.0604. The Morgan fingerprint density at radius 3 is 2.75 bits per heavy atom. The van der Waals surface area contributed by atoms with Gasteiger partial charge in [-0.15, -0.1) is 13.2 Å². The Hall–Kier alpha value is -2.71. The first-order chi connectivity index (χ1) is 9.35. The van der Waals surface area contributed by atoms with E-state index < -0.39 is 18.0 Å². The number of nitrogens with two attached hydrogens (primary N) is 1. The van der Waals surface area contributed by atoms with E-state index in [9.17, 15) is 18.0 Å². The Balaban J connectivity index is 2.12. The maximum Gasteiger partial charge on any atom is 0.573 e. The van der Waals surface area contributed by atoms with Crippen molar-refractivity contribution >= 4 is 17.4 Å². The fourth-order valence-corrected chi connectivity index (χ4v) is 1.45. The second-order valence-electron chi connectivity index (χ2n) is 3.73. The van der Waals surface area contributed by atoms with E-state index in [2.05, 4.69) is 20.3 Å². The van der Waals surface area contributed by atoms with Gasteiger partial charge in [0, 0.05) is 11.8 Å². The first-order valence-corrected chi connectivity index (χ1v) is 5.31. The smallest absolute Gasteiger partial charge is 0.406 e. The van der Waals surface area contributed by atoms with Crippen molar-refractivity contribution in [3.05, 3.63) is 36.0 Å². The third kappa shape index (κ3) is 3.40. The quantitative estimate of drug-likeness (QED) is 0.806. The van der Waals surface area contributed by atoms with Crippen molar-refractivity contribution < 1.29 is 22.7 Å². The molecule has 0 unspecified atom stereocenters. The highest BCUT2D eigenvalue weighted by Crippen LogP contribution is 2.25. The topological polar surface area (TPSA) is 93.0 Å². The Morgan fingerprint density at radius 1 is 1.40 bits per heavy atom. The van der Waals surface area contributed by atoms with Gasteiger partial charge >= 0.3 is 6.36 Å². The van der Waals surface area contributed by atoms with Gasteiger partial charge in [0.1, 0.15) is 17.1 Å². The number of aromatic amines is 1. The Morgan fingerprint density at radius 2 is 2.15 bits per heavy atom. The number of nitrogens with one attached hydrogen (secondary N) is 2. The molecule has 1 amide bonds. The number of hydrogen-bond acceptors (Lipinski definition) is 4. The second-order valence-corrected chi connectivity index (χ2v) is 3.73. The number of hydrogen-bond donors (Lipinski definition) is 3. The molecule has 1 aromatic heterocycles. The van der Waals surface area contributed by atoms with Crippen LogP contribution in [0.3, 0.4) is 0 Å². The molecule has 2 aromatic rings. The lowest BCUT2D eigenvalue weighted by molar-refractivity contribution is -0.274. The molecule has 0 saturated carbocycles. The Bertz CT molecular complexity index is 624. The zero-order valence-corrected chi connectivity index (χ0v) is 9.86. The number of alkyl halides is 3. The zero-order valence-electron chi connectivity index (χ0n) is 9.86. The molecule has 0 saturated heterocycles. The molecule has 1 heterocycles. The van der Waals surface area contributed by atoms with Crippen LogP contribution in [-0.2, 0) is 0 Å². The molecule has 9 heteroatoms. The maximum atomic E-state index is 12.1. The van der Waals surface area contributed by atoms with Crippen molar-refractivity contribution in [1.82, 2.24) is 10.2 Å². The van der Waals surface area contributed by atoms with Crippen LogP contribution in [0.25, 0.3) is 0 Å². The van der Waals surface area contributed by atoms with Gasteiger partial charge in [0.2, 0.25) is 0 Å². The molecule has 20 heavy (non-hydrogen) atoms. The molecular weight excluding hydrogens is 277 g/mol. The van der Waals surface area contributed by atoms with E-state index >= 15 is 0 Å². The lowest BCUT2D eigenvalue weighted by Gasteiger charge is -2.10. The van der Waals surface area contributed by atoms with Crippen molar-refractivity contribution in [2.24, 2.45) is 0 Å². The molecule has 0 radical (unpaired) electrons. The van der Waals surface area contributed by atoms with Gasteiger partial charge in [-0.1, -0.05) is 6.07 Å². The molecule has 2 rings (SSSR count). The van der Waals surface area contributed by atoms with Crippen LogP contribution in [0.4, 0.5) is 24.7 Å². The molecule has 106 valence electrons. The summed E-state index contributed by atoms with van der Waals surface area (Å²) in [5.41, 5.74) is 5.68. The predicted octanol–water partition coefficient (Wildman–Crippen LogP) is 2.14. The molecule has 0 aliphatic heterocycles. The van der Waals surface area contributed by atoms with Gasteiger partial charge in [-0.3, -0.25) is 9.89 Å². The summed E-state index contributed by atoms with van der Waals surface area (Å²) in [6, 6.07) is 4.89. The highest BCUT2D eigenvalue weighted by Gasteiger charge is 2.31. The van der Waals surface area contributed by atoms with E-state index in [4.69, 9.17) is 5.73 Å². The number of rotatable bonds is 3. The first kappa shape index (κ1) is 13.7. The van der Waals surface area contributed by atoms with Crippen molar-refractivity contribution in [2.45, 2.75) is 6.36 Å². The number of nitrogen functional groups attached to an aromatic ring is 1. The minimum atomic E-state index is -4.79.